The van der Waals surface area contributed by atoms with Crippen molar-refractivity contribution in [2.75, 3.05) is 7.11 Å². The van der Waals surface area contributed by atoms with Crippen LogP contribution in [0.5, 0.6) is 11.5 Å². The summed E-state index contributed by atoms with van der Waals surface area (Å²) >= 11 is 3.35. The number of hydrogen-bond acceptors (Lipinski definition) is 5. The zero-order valence-corrected chi connectivity index (χ0v) is 22.2. The molecule has 1 fully saturated rings. The molecule has 7 heteroatoms. The highest BCUT2D eigenvalue weighted by atomic mass is 79.9. The number of benzene rings is 4. The number of nitrogens with zero attached hydrogens (tertiary/aromatic N) is 1. The Morgan fingerprint density at radius 1 is 0.895 bits per heavy atom. The lowest BCUT2D eigenvalue weighted by Gasteiger charge is -2.18. The van der Waals surface area contributed by atoms with E-state index < -0.39 is 5.97 Å². The van der Waals surface area contributed by atoms with Crippen LogP contribution in [0.2, 0.25) is 0 Å². The Hall–Kier alpha value is -4.23. The van der Waals surface area contributed by atoms with Crippen molar-refractivity contribution >= 4 is 34.0 Å². The normalized spacial score (nSPS) is 15.6. The number of hydrogen-bond donors (Lipinski definition) is 1. The fourth-order valence-electron chi connectivity index (χ4n) is 4.70. The number of halogens is 1. The van der Waals surface area contributed by atoms with Crippen molar-refractivity contribution in [3.05, 3.63) is 130 Å². The molecule has 0 aromatic heterocycles. The van der Waals surface area contributed by atoms with Crippen LogP contribution in [0.15, 0.2) is 113 Å². The number of methoxy groups -OCH3 is 1. The van der Waals surface area contributed by atoms with Crippen LogP contribution in [0, 0.1) is 5.92 Å². The van der Waals surface area contributed by atoms with E-state index in [0.717, 1.165) is 15.6 Å². The van der Waals surface area contributed by atoms with Gasteiger partial charge in [-0.3, -0.25) is 4.79 Å². The van der Waals surface area contributed by atoms with Crippen molar-refractivity contribution in [2.45, 2.75) is 11.8 Å². The third-order valence-corrected chi connectivity index (χ3v) is 7.24. The van der Waals surface area contributed by atoms with Gasteiger partial charge in [-0.1, -0.05) is 76.6 Å². The number of esters is 1. The summed E-state index contributed by atoms with van der Waals surface area (Å²) in [4.78, 5) is 25.6. The van der Waals surface area contributed by atoms with Gasteiger partial charge in [-0.2, -0.15) is 5.10 Å². The Kier molecular flexibility index (Phi) is 7.38. The maximum Gasteiger partial charge on any atom is 0.343 e. The second-order valence-corrected chi connectivity index (χ2v) is 9.92. The van der Waals surface area contributed by atoms with Gasteiger partial charge in [0.1, 0.15) is 0 Å². The van der Waals surface area contributed by atoms with Crippen LogP contribution in [0.3, 0.4) is 0 Å². The summed E-state index contributed by atoms with van der Waals surface area (Å²) in [5.41, 5.74) is 5.68. The first kappa shape index (κ1) is 25.4. The van der Waals surface area contributed by atoms with E-state index in [-0.39, 0.29) is 23.0 Å². The quantitative estimate of drug-likeness (QED) is 0.120. The van der Waals surface area contributed by atoms with Crippen LogP contribution in [-0.4, -0.2) is 25.2 Å². The van der Waals surface area contributed by atoms with E-state index in [1.807, 2.05) is 36.4 Å². The Bertz CT molecular complexity index is 1430. The highest BCUT2D eigenvalue weighted by Gasteiger charge is 2.60. The molecule has 1 amide bonds. The molecule has 4 aromatic carbocycles. The molecule has 0 bridgehead atoms. The smallest absolute Gasteiger partial charge is 0.343 e. The van der Waals surface area contributed by atoms with E-state index in [1.54, 1.807) is 42.5 Å². The van der Waals surface area contributed by atoms with Crippen LogP contribution < -0.4 is 14.9 Å². The molecule has 0 heterocycles. The third kappa shape index (κ3) is 5.24. The first-order chi connectivity index (χ1) is 18.5. The number of ether oxygens (including phenoxy) is 2. The van der Waals surface area contributed by atoms with E-state index >= 15 is 0 Å². The Balaban J connectivity index is 1.26. The van der Waals surface area contributed by atoms with Crippen LogP contribution in [-0.2, 0) is 10.2 Å². The lowest BCUT2D eigenvalue weighted by atomic mass is 9.85. The Labute approximate surface area is 229 Å². The monoisotopic (exact) mass is 568 g/mol. The van der Waals surface area contributed by atoms with Crippen LogP contribution in [0.25, 0.3) is 0 Å². The summed E-state index contributed by atoms with van der Waals surface area (Å²) in [5.74, 6) is -0.190. The first-order valence-corrected chi connectivity index (χ1v) is 12.9. The predicted octanol–water partition coefficient (Wildman–Crippen LogP) is 6.13. The molecule has 4 aromatic rings. The van der Waals surface area contributed by atoms with Crippen LogP contribution in [0.1, 0.15) is 33.5 Å². The molecule has 0 saturated heterocycles. The molecule has 190 valence electrons. The average Bonchev–Trinajstić information content (AvgIpc) is 3.72. The van der Waals surface area contributed by atoms with Crippen molar-refractivity contribution in [1.29, 1.82) is 0 Å². The highest BCUT2D eigenvalue weighted by Crippen LogP contribution is 2.58. The minimum Gasteiger partial charge on any atom is -0.493 e. The molecular weight excluding hydrogens is 544 g/mol. The zero-order valence-electron chi connectivity index (χ0n) is 20.6. The first-order valence-electron chi connectivity index (χ1n) is 12.1. The average molecular weight is 569 g/mol. The van der Waals surface area contributed by atoms with E-state index in [4.69, 9.17) is 9.47 Å². The van der Waals surface area contributed by atoms with Gasteiger partial charge in [0.05, 0.1) is 24.8 Å². The summed E-state index contributed by atoms with van der Waals surface area (Å²) in [6.45, 7) is 0. The Morgan fingerprint density at radius 3 is 2.13 bits per heavy atom. The minimum atomic E-state index is -0.491. The van der Waals surface area contributed by atoms with E-state index in [0.29, 0.717) is 23.3 Å². The Morgan fingerprint density at radius 2 is 1.53 bits per heavy atom. The van der Waals surface area contributed by atoms with E-state index in [1.165, 1.54) is 13.3 Å². The molecule has 1 saturated carbocycles. The molecule has 38 heavy (non-hydrogen) atoms. The van der Waals surface area contributed by atoms with Crippen LogP contribution >= 0.6 is 15.9 Å². The van der Waals surface area contributed by atoms with Crippen molar-refractivity contribution < 1.29 is 19.1 Å². The third-order valence-electron chi connectivity index (χ3n) is 6.71. The second-order valence-electron chi connectivity index (χ2n) is 9.00. The maximum absolute atomic E-state index is 13.1. The summed E-state index contributed by atoms with van der Waals surface area (Å²) in [5, 5.41) is 4.19. The van der Waals surface area contributed by atoms with Gasteiger partial charge < -0.3 is 9.47 Å². The highest BCUT2D eigenvalue weighted by molar-refractivity contribution is 9.10. The molecule has 1 aliphatic rings. The van der Waals surface area contributed by atoms with Gasteiger partial charge in [-0.05, 0) is 65.6 Å². The van der Waals surface area contributed by atoms with Gasteiger partial charge in [-0.15, -0.1) is 0 Å². The minimum absolute atomic E-state index is 0.138. The largest absolute Gasteiger partial charge is 0.493 e. The van der Waals surface area contributed by atoms with Gasteiger partial charge in [0, 0.05) is 9.89 Å². The van der Waals surface area contributed by atoms with Gasteiger partial charge in [-0.25, -0.2) is 10.2 Å². The summed E-state index contributed by atoms with van der Waals surface area (Å²) < 4.78 is 11.8. The fourth-order valence-corrected chi connectivity index (χ4v) is 4.96. The van der Waals surface area contributed by atoms with E-state index in [2.05, 4.69) is 50.7 Å². The van der Waals surface area contributed by atoms with Gasteiger partial charge in [0.2, 0.25) is 5.91 Å². The maximum atomic E-state index is 13.1. The molecule has 5 rings (SSSR count). The number of rotatable bonds is 8. The molecule has 1 N–H and O–H groups in total. The van der Waals surface area contributed by atoms with Crippen molar-refractivity contribution in [1.82, 2.24) is 5.43 Å². The van der Waals surface area contributed by atoms with E-state index in [9.17, 15) is 9.59 Å². The lowest BCUT2D eigenvalue weighted by molar-refractivity contribution is -0.122. The fraction of sp³-hybridized carbons (Fsp3) is 0.129. The second kappa shape index (κ2) is 11.0. The summed E-state index contributed by atoms with van der Waals surface area (Å²) in [6.07, 6.45) is 2.25. The SMILES string of the molecule is COc1cc(/C=N/NC(=O)C2CC2(c2ccccc2)c2ccccc2)ccc1OC(=O)c1ccc(Br)cc1. The number of amides is 1. The summed E-state index contributed by atoms with van der Waals surface area (Å²) in [7, 11) is 1.49. The number of hydrazone groups is 1. The molecule has 1 unspecified atom stereocenters. The molecule has 1 aliphatic carbocycles. The zero-order chi connectivity index (χ0) is 26.5. The molecule has 0 radical (unpaired) electrons. The van der Waals surface area contributed by atoms with Gasteiger partial charge in [0.15, 0.2) is 11.5 Å². The molecular formula is C31H25BrN2O4. The van der Waals surface area contributed by atoms with Gasteiger partial charge in [0.25, 0.3) is 0 Å². The topological polar surface area (TPSA) is 77.0 Å². The van der Waals surface area contributed by atoms with Crippen molar-refractivity contribution in [3.63, 3.8) is 0 Å². The molecule has 6 nitrogen and oxygen atoms in total. The molecule has 0 aliphatic heterocycles. The number of nitrogens with one attached hydrogen (secondary N) is 1. The standard InChI is InChI=1S/C31H25BrN2O4/c1-37-28-18-21(12-17-27(28)38-30(36)22-13-15-25(32)16-14-22)20-33-34-29(35)26-19-31(26,23-8-4-2-5-9-23)24-10-6-3-7-11-24/h2-18,20,26H,19H2,1H3,(H,34,35)/b33-20+. The van der Waals surface area contributed by atoms with Crippen molar-refractivity contribution in [2.24, 2.45) is 11.0 Å². The molecule has 0 spiro atoms. The van der Waals surface area contributed by atoms with Crippen LogP contribution in [0.4, 0.5) is 0 Å². The number of carbonyl (C=O) groups is 2. The van der Waals surface area contributed by atoms with Crippen molar-refractivity contribution in [3.8, 4) is 11.5 Å². The summed E-state index contributed by atoms with van der Waals surface area (Å²) in [6, 6.07) is 32.2. The lowest BCUT2D eigenvalue weighted by Crippen LogP contribution is -2.25. The number of carbonyl (C=O) groups excluding carboxylic acids is 2. The van der Waals surface area contributed by atoms with Gasteiger partial charge >= 0.3 is 5.97 Å². The predicted molar refractivity (Wildman–Crippen MR) is 150 cm³/mol. The molecule has 1 atom stereocenters.